The highest BCUT2D eigenvalue weighted by atomic mass is 16.5. The summed E-state index contributed by atoms with van der Waals surface area (Å²) >= 11 is 0. The van der Waals surface area contributed by atoms with Gasteiger partial charge in [0.1, 0.15) is 0 Å². The fraction of sp³-hybridized carbons (Fsp3) is 0.786. The van der Waals surface area contributed by atoms with Crippen molar-refractivity contribution in [2.75, 3.05) is 20.6 Å². The number of nitrogens with zero attached hydrogens (tertiary/aromatic N) is 4. The molecular formula is C14H24N4O2. The van der Waals surface area contributed by atoms with E-state index in [1.54, 1.807) is 19.0 Å². The summed E-state index contributed by atoms with van der Waals surface area (Å²) in [6, 6.07) is -0.0541. The van der Waals surface area contributed by atoms with Crippen LogP contribution in [0.25, 0.3) is 0 Å². The molecule has 6 nitrogen and oxygen atoms in total. The van der Waals surface area contributed by atoms with E-state index in [9.17, 15) is 4.79 Å². The molecule has 112 valence electrons. The molecule has 2 rings (SSSR count). The first-order chi connectivity index (χ1) is 9.29. The lowest BCUT2D eigenvalue weighted by Crippen LogP contribution is -2.42. The Hall–Kier alpha value is -1.43. The van der Waals surface area contributed by atoms with Crippen molar-refractivity contribution in [1.82, 2.24) is 19.9 Å². The summed E-state index contributed by atoms with van der Waals surface area (Å²) in [7, 11) is 3.59. The van der Waals surface area contributed by atoms with Crippen molar-refractivity contribution in [3.8, 4) is 0 Å². The fourth-order valence-corrected chi connectivity index (χ4v) is 2.40. The maximum Gasteiger partial charge on any atom is 0.239 e. The average molecular weight is 280 g/mol. The molecule has 0 spiro atoms. The van der Waals surface area contributed by atoms with E-state index in [0.717, 1.165) is 19.4 Å². The molecule has 1 aliphatic heterocycles. The lowest BCUT2D eigenvalue weighted by Gasteiger charge is -2.24. The Bertz CT molecular complexity index is 476. The smallest absolute Gasteiger partial charge is 0.239 e. The van der Waals surface area contributed by atoms with Crippen molar-refractivity contribution in [3.05, 3.63) is 11.7 Å². The second-order valence-electron chi connectivity index (χ2n) is 6.63. The number of carbonyl (C=O) groups is 1. The van der Waals surface area contributed by atoms with Crippen LogP contribution in [-0.4, -0.2) is 52.5 Å². The highest BCUT2D eigenvalue weighted by Gasteiger charge is 2.33. The predicted octanol–water partition coefficient (Wildman–Crippen LogP) is 1.42. The zero-order valence-electron chi connectivity index (χ0n) is 13.0. The van der Waals surface area contributed by atoms with E-state index in [1.165, 1.54) is 0 Å². The minimum absolute atomic E-state index is 0.0541. The van der Waals surface area contributed by atoms with Crippen LogP contribution in [0.5, 0.6) is 0 Å². The molecule has 2 heterocycles. The van der Waals surface area contributed by atoms with Gasteiger partial charge in [-0.2, -0.15) is 4.98 Å². The van der Waals surface area contributed by atoms with Crippen molar-refractivity contribution in [2.24, 2.45) is 0 Å². The number of rotatable bonds is 3. The highest BCUT2D eigenvalue weighted by molar-refractivity contribution is 5.81. The minimum atomic E-state index is -0.144. The molecule has 0 bridgehead atoms. The van der Waals surface area contributed by atoms with Crippen molar-refractivity contribution in [3.63, 3.8) is 0 Å². The van der Waals surface area contributed by atoms with Crippen LogP contribution in [0, 0.1) is 0 Å². The van der Waals surface area contributed by atoms with Gasteiger partial charge in [0, 0.05) is 19.5 Å². The number of hydrogen-bond acceptors (Lipinski definition) is 5. The van der Waals surface area contributed by atoms with Gasteiger partial charge in [-0.15, -0.1) is 0 Å². The molecule has 20 heavy (non-hydrogen) atoms. The molecule has 1 aromatic rings. The van der Waals surface area contributed by atoms with Crippen LogP contribution in [0.2, 0.25) is 0 Å². The van der Waals surface area contributed by atoms with Crippen LogP contribution in [-0.2, 0) is 16.8 Å². The van der Waals surface area contributed by atoms with Gasteiger partial charge in [0.2, 0.25) is 11.8 Å². The fourth-order valence-electron chi connectivity index (χ4n) is 2.40. The molecule has 0 radical (unpaired) electrons. The summed E-state index contributed by atoms with van der Waals surface area (Å²) in [6.45, 7) is 7.60. The van der Waals surface area contributed by atoms with Gasteiger partial charge >= 0.3 is 0 Å². The number of likely N-dealkylation sites (N-methyl/N-ethyl adjacent to an activating group) is 1. The number of likely N-dealkylation sites (tertiary alicyclic amines) is 1. The van der Waals surface area contributed by atoms with E-state index in [1.807, 2.05) is 20.8 Å². The van der Waals surface area contributed by atoms with Crippen LogP contribution < -0.4 is 0 Å². The summed E-state index contributed by atoms with van der Waals surface area (Å²) in [4.78, 5) is 20.4. The Balaban J connectivity index is 2.05. The second kappa shape index (κ2) is 5.52. The zero-order chi connectivity index (χ0) is 14.9. The Morgan fingerprint density at radius 2 is 2.15 bits per heavy atom. The summed E-state index contributed by atoms with van der Waals surface area (Å²) in [5.74, 6) is 1.46. The van der Waals surface area contributed by atoms with Crippen molar-refractivity contribution in [2.45, 2.75) is 51.6 Å². The van der Waals surface area contributed by atoms with Crippen LogP contribution in [0.15, 0.2) is 4.52 Å². The van der Waals surface area contributed by atoms with Gasteiger partial charge in [-0.1, -0.05) is 25.9 Å². The summed E-state index contributed by atoms with van der Waals surface area (Å²) in [5, 5.41) is 4.03. The Kier molecular flexibility index (Phi) is 4.13. The Labute approximate surface area is 120 Å². The summed E-state index contributed by atoms with van der Waals surface area (Å²) in [6.07, 6.45) is 1.94. The first-order valence-electron chi connectivity index (χ1n) is 7.07. The largest absolute Gasteiger partial charge is 0.347 e. The molecule has 1 aromatic heterocycles. The van der Waals surface area contributed by atoms with Crippen molar-refractivity contribution >= 4 is 5.91 Å². The predicted molar refractivity (Wildman–Crippen MR) is 75.1 cm³/mol. The van der Waals surface area contributed by atoms with Crippen molar-refractivity contribution in [1.29, 1.82) is 0 Å². The SMILES string of the molecule is CN(C)C(=O)C1CCCN1Cc1noc(C(C)(C)C)n1. The first-order valence-corrected chi connectivity index (χ1v) is 7.07. The van der Waals surface area contributed by atoms with Gasteiger partial charge in [0.15, 0.2) is 5.82 Å². The monoisotopic (exact) mass is 280 g/mol. The first kappa shape index (κ1) is 15.0. The zero-order valence-corrected chi connectivity index (χ0v) is 13.0. The number of amides is 1. The standard InChI is InChI=1S/C14H24N4O2/c1-14(2,3)13-15-11(16-20-13)9-18-8-6-7-10(18)12(19)17(4)5/h10H,6-9H2,1-5H3. The molecule has 1 fully saturated rings. The molecular weight excluding hydrogens is 256 g/mol. The highest BCUT2D eigenvalue weighted by Crippen LogP contribution is 2.23. The topological polar surface area (TPSA) is 62.5 Å². The third kappa shape index (κ3) is 3.17. The molecule has 0 aliphatic carbocycles. The number of carbonyl (C=O) groups excluding carboxylic acids is 1. The molecule has 0 aromatic carbocycles. The molecule has 1 saturated heterocycles. The second-order valence-corrected chi connectivity index (χ2v) is 6.63. The van der Waals surface area contributed by atoms with Crippen LogP contribution in [0.4, 0.5) is 0 Å². The maximum atomic E-state index is 12.1. The van der Waals surface area contributed by atoms with E-state index < -0.39 is 0 Å². The van der Waals surface area contributed by atoms with Gasteiger partial charge < -0.3 is 9.42 Å². The van der Waals surface area contributed by atoms with E-state index in [0.29, 0.717) is 18.3 Å². The molecule has 1 aliphatic rings. The molecule has 0 saturated carbocycles. The third-order valence-corrected chi connectivity index (χ3v) is 3.54. The van der Waals surface area contributed by atoms with Gasteiger partial charge in [0.05, 0.1) is 12.6 Å². The quantitative estimate of drug-likeness (QED) is 0.838. The van der Waals surface area contributed by atoms with E-state index >= 15 is 0 Å². The maximum absolute atomic E-state index is 12.1. The van der Waals surface area contributed by atoms with Crippen LogP contribution >= 0.6 is 0 Å². The molecule has 6 heteroatoms. The summed E-state index contributed by atoms with van der Waals surface area (Å²) < 4.78 is 5.30. The lowest BCUT2D eigenvalue weighted by atomic mass is 9.97. The Morgan fingerprint density at radius 3 is 2.70 bits per heavy atom. The van der Waals surface area contributed by atoms with Gasteiger partial charge in [-0.3, -0.25) is 9.69 Å². The third-order valence-electron chi connectivity index (χ3n) is 3.54. The normalized spacial score (nSPS) is 20.4. The molecule has 1 unspecified atom stereocenters. The van der Waals surface area contributed by atoms with Gasteiger partial charge in [-0.05, 0) is 19.4 Å². The molecule has 1 atom stereocenters. The van der Waals surface area contributed by atoms with Crippen LogP contribution in [0.1, 0.15) is 45.3 Å². The minimum Gasteiger partial charge on any atom is -0.347 e. The summed E-state index contributed by atoms with van der Waals surface area (Å²) in [5.41, 5.74) is -0.144. The van der Waals surface area contributed by atoms with Gasteiger partial charge in [-0.25, -0.2) is 0 Å². The van der Waals surface area contributed by atoms with E-state index in [4.69, 9.17) is 4.52 Å². The molecule has 0 N–H and O–H groups in total. The lowest BCUT2D eigenvalue weighted by molar-refractivity contribution is -0.133. The number of hydrogen-bond donors (Lipinski definition) is 0. The van der Waals surface area contributed by atoms with Crippen molar-refractivity contribution < 1.29 is 9.32 Å². The average Bonchev–Trinajstić information content (AvgIpc) is 2.96. The molecule has 1 amide bonds. The Morgan fingerprint density at radius 1 is 1.45 bits per heavy atom. The van der Waals surface area contributed by atoms with E-state index in [-0.39, 0.29) is 17.4 Å². The van der Waals surface area contributed by atoms with Gasteiger partial charge in [0.25, 0.3) is 0 Å². The van der Waals surface area contributed by atoms with E-state index in [2.05, 4.69) is 15.0 Å². The number of aromatic nitrogens is 2. The van der Waals surface area contributed by atoms with Crippen LogP contribution in [0.3, 0.4) is 0 Å².